The minimum Gasteiger partial charge on any atom is -0.467 e. The second kappa shape index (κ2) is 7.66. The second-order valence-corrected chi connectivity index (χ2v) is 8.30. The minimum atomic E-state index is -4.07. The molecule has 0 aliphatic carbocycles. The molecule has 0 radical (unpaired) electrons. The van der Waals surface area contributed by atoms with Crippen LogP contribution in [0.2, 0.25) is 0 Å². The van der Waals surface area contributed by atoms with Crippen molar-refractivity contribution in [2.75, 3.05) is 19.0 Å². The van der Waals surface area contributed by atoms with Crippen molar-refractivity contribution in [2.45, 2.75) is 30.2 Å². The summed E-state index contributed by atoms with van der Waals surface area (Å²) >= 11 is 1.36. The topological polar surface area (TPSA) is 126 Å². The monoisotopic (exact) mass is 410 g/mol. The first-order valence-electron chi connectivity index (χ1n) is 7.97. The van der Waals surface area contributed by atoms with Crippen LogP contribution in [0.15, 0.2) is 28.0 Å². The fourth-order valence-electron chi connectivity index (χ4n) is 2.44. The summed E-state index contributed by atoms with van der Waals surface area (Å²) in [7, 11) is -2.70. The van der Waals surface area contributed by atoms with Gasteiger partial charge >= 0.3 is 12.0 Å². The molecule has 1 aliphatic rings. The highest BCUT2D eigenvalue weighted by Crippen LogP contribution is 2.39. The van der Waals surface area contributed by atoms with Crippen molar-refractivity contribution in [3.8, 4) is 6.01 Å². The van der Waals surface area contributed by atoms with E-state index in [-0.39, 0.29) is 16.9 Å². The Bertz CT molecular complexity index is 982. The number of sulfonamides is 1. The number of ether oxygens (including phenoxy) is 1. The van der Waals surface area contributed by atoms with Gasteiger partial charge in [-0.05, 0) is 30.5 Å². The summed E-state index contributed by atoms with van der Waals surface area (Å²) in [5.74, 6) is 0.203. The number of aromatic nitrogens is 3. The molecule has 12 heteroatoms. The lowest BCUT2D eigenvalue weighted by molar-refractivity contribution is 0.256. The van der Waals surface area contributed by atoms with Gasteiger partial charge in [-0.2, -0.15) is 15.0 Å². The summed E-state index contributed by atoms with van der Waals surface area (Å²) < 4.78 is 34.3. The molecule has 1 aromatic carbocycles. The molecule has 10 nitrogen and oxygen atoms in total. The zero-order valence-electron chi connectivity index (χ0n) is 14.9. The third kappa shape index (κ3) is 4.28. The van der Waals surface area contributed by atoms with Gasteiger partial charge < -0.3 is 4.74 Å². The first-order chi connectivity index (χ1) is 12.8. The summed E-state index contributed by atoms with van der Waals surface area (Å²) in [6.45, 7) is 5.00. The van der Waals surface area contributed by atoms with Crippen LogP contribution in [0, 0.1) is 6.92 Å². The second-order valence-electron chi connectivity index (χ2n) is 5.54. The van der Waals surface area contributed by atoms with Crippen LogP contribution in [0.5, 0.6) is 6.01 Å². The van der Waals surface area contributed by atoms with Gasteiger partial charge in [0.25, 0.3) is 10.0 Å². The van der Waals surface area contributed by atoms with Crippen molar-refractivity contribution >= 4 is 34.0 Å². The van der Waals surface area contributed by atoms with Gasteiger partial charge in [-0.3, -0.25) is 5.32 Å². The number of anilines is 1. The number of amides is 2. The Morgan fingerprint density at radius 2 is 2.11 bits per heavy atom. The van der Waals surface area contributed by atoms with Crippen LogP contribution in [0.25, 0.3) is 0 Å². The first kappa shape index (κ1) is 19.3. The molecule has 0 unspecified atom stereocenters. The Hall–Kier alpha value is -2.44. The number of carbonyl (C=O) groups is 1. The highest BCUT2D eigenvalue weighted by atomic mass is 32.2. The van der Waals surface area contributed by atoms with E-state index in [1.54, 1.807) is 13.0 Å². The van der Waals surface area contributed by atoms with E-state index in [9.17, 15) is 13.2 Å². The minimum absolute atomic E-state index is 0.0117. The number of hydrogen-bond donors (Lipinski definition) is 2. The third-order valence-corrected chi connectivity index (χ3v) is 6.44. The molecule has 2 aromatic rings. The summed E-state index contributed by atoms with van der Waals surface area (Å²) in [4.78, 5) is 24.5. The maximum atomic E-state index is 12.7. The lowest BCUT2D eigenvalue weighted by Gasteiger charge is -2.11. The molecule has 27 heavy (non-hydrogen) atoms. The van der Waals surface area contributed by atoms with Crippen LogP contribution < -0.4 is 14.8 Å². The van der Waals surface area contributed by atoms with Crippen molar-refractivity contribution in [1.29, 1.82) is 0 Å². The van der Waals surface area contributed by atoms with E-state index in [2.05, 4.69) is 20.3 Å². The van der Waals surface area contributed by atoms with Crippen molar-refractivity contribution < 1.29 is 17.9 Å². The number of benzene rings is 1. The Morgan fingerprint density at radius 1 is 1.33 bits per heavy atom. The third-order valence-electron chi connectivity index (χ3n) is 3.63. The molecule has 0 saturated carbocycles. The van der Waals surface area contributed by atoms with Crippen LogP contribution in [-0.2, 0) is 16.6 Å². The molecule has 0 fully saturated rings. The van der Waals surface area contributed by atoms with E-state index in [1.165, 1.54) is 25.1 Å². The molecule has 0 spiro atoms. The van der Waals surface area contributed by atoms with Crippen LogP contribution in [0.4, 0.5) is 10.7 Å². The van der Waals surface area contributed by atoms with Crippen LogP contribution in [-0.4, -0.2) is 47.4 Å². The Kier molecular flexibility index (Phi) is 5.48. The summed E-state index contributed by atoms with van der Waals surface area (Å²) in [5.41, 5.74) is 0.906. The Morgan fingerprint density at radius 3 is 2.81 bits per heavy atom. The van der Waals surface area contributed by atoms with E-state index in [0.29, 0.717) is 17.3 Å². The van der Waals surface area contributed by atoms with E-state index in [4.69, 9.17) is 4.74 Å². The molecular weight excluding hydrogens is 392 g/mol. The highest BCUT2D eigenvalue weighted by Gasteiger charge is 2.29. The SMILES string of the molecule is CCN1Cc2cccc(S(=O)(=O)NC(=O)Nc3nc(C)nc(OC)n3)c2S1. The molecule has 2 amide bonds. The summed E-state index contributed by atoms with van der Waals surface area (Å²) in [6.07, 6.45) is 0. The molecule has 0 saturated heterocycles. The van der Waals surface area contributed by atoms with E-state index < -0.39 is 16.1 Å². The normalized spacial score (nSPS) is 13.9. The van der Waals surface area contributed by atoms with Crippen LogP contribution in [0.1, 0.15) is 18.3 Å². The van der Waals surface area contributed by atoms with Gasteiger partial charge in [-0.15, -0.1) is 0 Å². The number of hydrogen-bond acceptors (Lipinski definition) is 9. The first-order valence-corrected chi connectivity index (χ1v) is 10.2. The zero-order chi connectivity index (χ0) is 19.6. The molecular formula is C15H18N6O4S2. The molecule has 1 aromatic heterocycles. The van der Waals surface area contributed by atoms with Crippen LogP contribution >= 0.6 is 11.9 Å². The van der Waals surface area contributed by atoms with Gasteiger partial charge in [0, 0.05) is 18.0 Å². The maximum absolute atomic E-state index is 12.7. The number of aryl methyl sites for hydroxylation is 1. The Balaban J connectivity index is 1.79. The number of fused-ring (bicyclic) bond motifs is 1. The number of nitrogens with one attached hydrogen (secondary N) is 2. The predicted octanol–water partition coefficient (Wildman–Crippen LogP) is 1.54. The molecule has 1 aliphatic heterocycles. The number of methoxy groups -OCH3 is 1. The van der Waals surface area contributed by atoms with Crippen molar-refractivity contribution in [3.63, 3.8) is 0 Å². The maximum Gasteiger partial charge on any atom is 0.335 e. The fraction of sp³-hybridized carbons (Fsp3) is 0.333. The average Bonchev–Trinajstić information content (AvgIpc) is 3.03. The zero-order valence-corrected chi connectivity index (χ0v) is 16.5. The number of nitrogens with zero attached hydrogens (tertiary/aromatic N) is 4. The molecule has 2 heterocycles. The van der Waals surface area contributed by atoms with Gasteiger partial charge in [0.2, 0.25) is 5.95 Å². The van der Waals surface area contributed by atoms with Gasteiger partial charge in [-0.1, -0.05) is 19.1 Å². The molecule has 2 N–H and O–H groups in total. The summed E-state index contributed by atoms with van der Waals surface area (Å²) in [6, 6.07) is 4.03. The number of carbonyl (C=O) groups excluding carboxylic acids is 1. The number of rotatable bonds is 5. The lowest BCUT2D eigenvalue weighted by atomic mass is 10.2. The van der Waals surface area contributed by atoms with E-state index in [0.717, 1.165) is 12.1 Å². The van der Waals surface area contributed by atoms with Crippen molar-refractivity contribution in [2.24, 2.45) is 0 Å². The number of urea groups is 1. The predicted molar refractivity (Wildman–Crippen MR) is 98.8 cm³/mol. The lowest BCUT2D eigenvalue weighted by Crippen LogP contribution is -2.35. The van der Waals surface area contributed by atoms with Crippen LogP contribution in [0.3, 0.4) is 0 Å². The van der Waals surface area contributed by atoms with Gasteiger partial charge in [0.05, 0.1) is 7.11 Å². The standard InChI is InChI=1S/C15H18N6O4S2/c1-4-21-8-10-6-5-7-11(12(10)26-21)27(23,24)20-14(22)18-13-16-9(2)17-15(19-13)25-3/h5-7H,4,8H2,1-3H3,(H2,16,17,18,19,20,22). The molecule has 0 atom stereocenters. The summed E-state index contributed by atoms with van der Waals surface area (Å²) in [5, 5.41) is 2.28. The fourth-order valence-corrected chi connectivity index (χ4v) is 4.91. The molecule has 3 rings (SSSR count). The van der Waals surface area contributed by atoms with Crippen molar-refractivity contribution in [3.05, 3.63) is 29.6 Å². The molecule has 0 bridgehead atoms. The molecule has 144 valence electrons. The Labute approximate surface area is 160 Å². The van der Waals surface area contributed by atoms with Gasteiger partial charge in [-0.25, -0.2) is 22.2 Å². The van der Waals surface area contributed by atoms with Crippen molar-refractivity contribution in [1.82, 2.24) is 24.0 Å². The largest absolute Gasteiger partial charge is 0.467 e. The quantitative estimate of drug-likeness (QED) is 0.706. The van der Waals surface area contributed by atoms with Gasteiger partial charge in [0.1, 0.15) is 10.7 Å². The van der Waals surface area contributed by atoms with Gasteiger partial charge in [0.15, 0.2) is 0 Å². The smallest absolute Gasteiger partial charge is 0.335 e. The van der Waals surface area contributed by atoms with E-state index >= 15 is 0 Å². The average molecular weight is 410 g/mol. The highest BCUT2D eigenvalue weighted by molar-refractivity contribution is 7.98. The van der Waals surface area contributed by atoms with E-state index in [1.807, 2.05) is 22.0 Å².